The highest BCUT2D eigenvalue weighted by atomic mass is 32.2. The summed E-state index contributed by atoms with van der Waals surface area (Å²) in [5.74, 6) is 0. The van der Waals surface area contributed by atoms with Crippen LogP contribution >= 0.6 is 0 Å². The predicted molar refractivity (Wildman–Crippen MR) is 82.7 cm³/mol. The number of nitrogens with two attached hydrogens (primary N) is 1. The van der Waals surface area contributed by atoms with Gasteiger partial charge in [-0.05, 0) is 23.3 Å². The Kier molecular flexibility index (Phi) is 2.72. The molecule has 0 spiro atoms. The van der Waals surface area contributed by atoms with Crippen LogP contribution in [0.4, 0.5) is 0 Å². The Morgan fingerprint density at radius 2 is 1.91 bits per heavy atom. The molecule has 22 heavy (non-hydrogen) atoms. The lowest BCUT2D eigenvalue weighted by atomic mass is 9.97. The molecule has 0 bridgehead atoms. The van der Waals surface area contributed by atoms with Crippen LogP contribution in [0.1, 0.15) is 17.2 Å². The zero-order valence-electron chi connectivity index (χ0n) is 11.5. The Hall–Kier alpha value is -2.44. The molecule has 0 unspecified atom stereocenters. The zero-order valence-corrected chi connectivity index (χ0v) is 12.4. The molecule has 2 N–H and O–H groups in total. The van der Waals surface area contributed by atoms with E-state index in [0.29, 0.717) is 0 Å². The third kappa shape index (κ3) is 1.88. The Morgan fingerprint density at radius 1 is 1.09 bits per heavy atom. The smallest absolute Gasteiger partial charge is 0.238 e. The number of nitrogens with zero attached hydrogens (tertiary/aromatic N) is 2. The SMILES string of the molecule is NS(=O)(=O)c1cccc([C@H]2c3ccccc3-c3cncn32)c1. The van der Waals surface area contributed by atoms with Gasteiger partial charge in [0.15, 0.2) is 0 Å². The zero-order chi connectivity index (χ0) is 15.3. The van der Waals surface area contributed by atoms with E-state index in [2.05, 4.69) is 11.1 Å². The van der Waals surface area contributed by atoms with Crippen molar-refractivity contribution >= 4 is 10.0 Å². The Labute approximate surface area is 128 Å². The van der Waals surface area contributed by atoms with E-state index in [4.69, 9.17) is 5.14 Å². The van der Waals surface area contributed by atoms with Gasteiger partial charge in [-0.2, -0.15) is 0 Å². The standard InChI is InChI=1S/C16H13N3O2S/c17-22(20,21)12-5-3-4-11(8-12)16-14-7-2-1-6-13(14)15-9-18-10-19(15)16/h1-10,16H,(H2,17,20,21)/t16-/m0/s1. The molecule has 2 heterocycles. The van der Waals surface area contributed by atoms with Crippen molar-refractivity contribution in [1.29, 1.82) is 0 Å². The maximum atomic E-state index is 11.6. The molecule has 5 nitrogen and oxygen atoms in total. The van der Waals surface area contributed by atoms with Crippen LogP contribution in [-0.4, -0.2) is 18.0 Å². The number of imidazole rings is 1. The second-order valence-corrected chi connectivity index (χ2v) is 6.85. The lowest BCUT2D eigenvalue weighted by molar-refractivity contribution is 0.597. The van der Waals surface area contributed by atoms with Gasteiger partial charge in [0.1, 0.15) is 0 Å². The molecular weight excluding hydrogens is 298 g/mol. The number of hydrogen-bond acceptors (Lipinski definition) is 3. The molecule has 0 fully saturated rings. The van der Waals surface area contributed by atoms with Crippen molar-refractivity contribution in [1.82, 2.24) is 9.55 Å². The summed E-state index contributed by atoms with van der Waals surface area (Å²) in [5, 5.41) is 5.25. The molecule has 0 radical (unpaired) electrons. The Morgan fingerprint density at radius 3 is 2.73 bits per heavy atom. The summed E-state index contributed by atoms with van der Waals surface area (Å²) in [5.41, 5.74) is 4.15. The van der Waals surface area contributed by atoms with Crippen molar-refractivity contribution in [2.24, 2.45) is 5.14 Å². The topological polar surface area (TPSA) is 78.0 Å². The van der Waals surface area contributed by atoms with Crippen molar-refractivity contribution in [2.75, 3.05) is 0 Å². The molecule has 0 saturated carbocycles. The highest BCUT2D eigenvalue weighted by Gasteiger charge is 2.29. The third-order valence-electron chi connectivity index (χ3n) is 3.98. The van der Waals surface area contributed by atoms with Gasteiger partial charge < -0.3 is 4.57 Å². The van der Waals surface area contributed by atoms with E-state index in [1.807, 2.05) is 35.0 Å². The summed E-state index contributed by atoms with van der Waals surface area (Å²) < 4.78 is 25.2. The number of sulfonamides is 1. The number of primary sulfonamides is 1. The summed E-state index contributed by atoms with van der Waals surface area (Å²) in [7, 11) is -3.72. The largest absolute Gasteiger partial charge is 0.319 e. The maximum absolute atomic E-state index is 11.6. The average molecular weight is 311 g/mol. The first-order valence-corrected chi connectivity index (χ1v) is 8.34. The fraction of sp³-hybridized carbons (Fsp3) is 0.0625. The van der Waals surface area contributed by atoms with E-state index >= 15 is 0 Å². The molecular formula is C16H13N3O2S. The minimum Gasteiger partial charge on any atom is -0.319 e. The highest BCUT2D eigenvalue weighted by Crippen LogP contribution is 2.42. The fourth-order valence-electron chi connectivity index (χ4n) is 3.04. The van der Waals surface area contributed by atoms with Crippen LogP contribution in [0, 0.1) is 0 Å². The van der Waals surface area contributed by atoms with E-state index in [1.165, 1.54) is 6.07 Å². The second kappa shape index (κ2) is 4.53. The normalized spacial score (nSPS) is 16.3. The van der Waals surface area contributed by atoms with Gasteiger partial charge in [-0.3, -0.25) is 0 Å². The van der Waals surface area contributed by atoms with Crippen molar-refractivity contribution in [3.05, 3.63) is 72.2 Å². The van der Waals surface area contributed by atoms with Gasteiger partial charge >= 0.3 is 0 Å². The lowest BCUT2D eigenvalue weighted by Gasteiger charge is -2.16. The first kappa shape index (κ1) is 13.2. The molecule has 1 aliphatic heterocycles. The van der Waals surface area contributed by atoms with Crippen LogP contribution in [0.5, 0.6) is 0 Å². The molecule has 0 amide bonds. The van der Waals surface area contributed by atoms with E-state index in [1.54, 1.807) is 18.5 Å². The van der Waals surface area contributed by atoms with Crippen molar-refractivity contribution in [3.63, 3.8) is 0 Å². The van der Waals surface area contributed by atoms with Gasteiger partial charge in [0, 0.05) is 5.56 Å². The molecule has 1 aromatic heterocycles. The van der Waals surface area contributed by atoms with E-state index in [-0.39, 0.29) is 10.9 Å². The molecule has 0 saturated heterocycles. The van der Waals surface area contributed by atoms with Crippen molar-refractivity contribution < 1.29 is 8.42 Å². The van der Waals surface area contributed by atoms with E-state index in [0.717, 1.165) is 22.4 Å². The van der Waals surface area contributed by atoms with Crippen LogP contribution < -0.4 is 5.14 Å². The monoisotopic (exact) mass is 311 g/mol. The van der Waals surface area contributed by atoms with Gasteiger partial charge in [-0.1, -0.05) is 36.4 Å². The first-order valence-electron chi connectivity index (χ1n) is 6.79. The van der Waals surface area contributed by atoms with E-state index in [9.17, 15) is 8.42 Å². The summed E-state index contributed by atoms with van der Waals surface area (Å²) in [6.07, 6.45) is 3.59. The summed E-state index contributed by atoms with van der Waals surface area (Å²) in [4.78, 5) is 4.33. The van der Waals surface area contributed by atoms with Crippen LogP contribution in [0.15, 0.2) is 66.0 Å². The number of benzene rings is 2. The third-order valence-corrected chi connectivity index (χ3v) is 4.89. The predicted octanol–water partition coefficient (Wildman–Crippen LogP) is 2.15. The van der Waals surface area contributed by atoms with Crippen LogP contribution in [0.2, 0.25) is 0 Å². The molecule has 0 aliphatic carbocycles. The second-order valence-electron chi connectivity index (χ2n) is 5.29. The van der Waals surface area contributed by atoms with Gasteiger partial charge in [0.2, 0.25) is 10.0 Å². The van der Waals surface area contributed by atoms with Crippen LogP contribution in [0.3, 0.4) is 0 Å². The number of fused-ring (bicyclic) bond motifs is 3. The quantitative estimate of drug-likeness (QED) is 0.616. The van der Waals surface area contributed by atoms with Crippen LogP contribution in [0.25, 0.3) is 11.3 Å². The molecule has 6 heteroatoms. The van der Waals surface area contributed by atoms with Gasteiger partial charge in [-0.25, -0.2) is 18.5 Å². The maximum Gasteiger partial charge on any atom is 0.238 e. The van der Waals surface area contributed by atoms with E-state index < -0.39 is 10.0 Å². The lowest BCUT2D eigenvalue weighted by Crippen LogP contribution is -2.13. The van der Waals surface area contributed by atoms with Crippen LogP contribution in [-0.2, 0) is 10.0 Å². The molecule has 1 atom stereocenters. The molecule has 110 valence electrons. The minimum absolute atomic E-state index is 0.0876. The summed E-state index contributed by atoms with van der Waals surface area (Å²) in [6, 6.07) is 14.7. The molecule has 3 aromatic rings. The number of aromatic nitrogens is 2. The van der Waals surface area contributed by atoms with Gasteiger partial charge in [0.05, 0.1) is 29.2 Å². The fourth-order valence-corrected chi connectivity index (χ4v) is 3.61. The van der Waals surface area contributed by atoms with Gasteiger partial charge in [-0.15, -0.1) is 0 Å². The highest BCUT2D eigenvalue weighted by molar-refractivity contribution is 7.89. The first-order chi connectivity index (χ1) is 10.6. The minimum atomic E-state index is -3.72. The molecule has 2 aromatic carbocycles. The molecule has 1 aliphatic rings. The van der Waals surface area contributed by atoms with Gasteiger partial charge in [0.25, 0.3) is 0 Å². The Bertz CT molecular complexity index is 976. The van der Waals surface area contributed by atoms with Crippen molar-refractivity contribution in [2.45, 2.75) is 10.9 Å². The van der Waals surface area contributed by atoms with Crippen molar-refractivity contribution in [3.8, 4) is 11.3 Å². The number of rotatable bonds is 2. The average Bonchev–Trinajstić information content (AvgIpc) is 3.06. The summed E-state index contributed by atoms with van der Waals surface area (Å²) in [6.45, 7) is 0. The number of hydrogen-bond donors (Lipinski definition) is 1. The Balaban J connectivity index is 1.95. The summed E-state index contributed by atoms with van der Waals surface area (Å²) >= 11 is 0. The molecule has 4 rings (SSSR count).